The maximum absolute atomic E-state index is 13.4. The number of amides is 2. The van der Waals surface area contributed by atoms with Crippen molar-refractivity contribution in [3.63, 3.8) is 0 Å². The number of rotatable bonds is 2. The number of aliphatic carboxylic acids is 1. The van der Waals surface area contributed by atoms with Gasteiger partial charge in [0.25, 0.3) is 0 Å². The van der Waals surface area contributed by atoms with Crippen LogP contribution in [0.5, 0.6) is 0 Å². The Bertz CT molecular complexity index is 596. The highest BCUT2D eigenvalue weighted by atomic mass is 19.2. The molecule has 9 heteroatoms. The van der Waals surface area contributed by atoms with Crippen LogP contribution in [-0.4, -0.2) is 45.8 Å². The third-order valence-corrected chi connectivity index (χ3v) is 3.06. The minimum atomic E-state index is -1.48. The molecule has 6 nitrogen and oxygen atoms in total. The smallest absolute Gasteiger partial charge is 0.326 e. The second-order valence-corrected chi connectivity index (χ2v) is 4.58. The number of hydrogen-bond donors (Lipinski definition) is 3. The molecule has 1 aliphatic rings. The number of anilines is 1. The Balaban J connectivity index is 2.20. The fourth-order valence-corrected chi connectivity index (χ4v) is 2.11. The second kappa shape index (κ2) is 5.60. The fourth-order valence-electron chi connectivity index (χ4n) is 2.11. The number of aliphatic hydroxyl groups excluding tert-OH is 1. The van der Waals surface area contributed by atoms with Gasteiger partial charge in [0.1, 0.15) is 11.9 Å². The first-order valence-corrected chi connectivity index (χ1v) is 5.92. The molecule has 2 rings (SSSR count). The average molecular weight is 304 g/mol. The van der Waals surface area contributed by atoms with E-state index in [9.17, 15) is 27.9 Å². The van der Waals surface area contributed by atoms with Gasteiger partial charge in [0.2, 0.25) is 0 Å². The number of carboxylic acid groups (broad SMARTS) is 1. The van der Waals surface area contributed by atoms with Gasteiger partial charge in [0.15, 0.2) is 11.6 Å². The number of hydrogen-bond acceptors (Lipinski definition) is 3. The van der Waals surface area contributed by atoms with E-state index >= 15 is 0 Å². The van der Waals surface area contributed by atoms with Crippen LogP contribution in [0.1, 0.15) is 6.42 Å². The van der Waals surface area contributed by atoms with Crippen LogP contribution in [0.4, 0.5) is 23.7 Å². The molecule has 0 aliphatic carbocycles. The standard InChI is InChI=1S/C12H11F3N2O4/c13-5-1-7(14)10(15)8(2-5)16-12(21)17-4-6(18)3-9(17)11(19)20/h1-2,6,9,18H,3-4H2,(H,16,21)(H,19,20)/t6-,9-/m0/s1. The van der Waals surface area contributed by atoms with Crippen LogP contribution >= 0.6 is 0 Å². The number of β-amino-alcohol motifs (C(OH)–C–C–N with tert-alkyl or cyclic N) is 1. The molecule has 114 valence electrons. The van der Waals surface area contributed by atoms with Crippen LogP contribution in [0.3, 0.4) is 0 Å². The predicted octanol–water partition coefficient (Wildman–Crippen LogP) is 1.16. The highest BCUT2D eigenvalue weighted by molar-refractivity contribution is 5.93. The summed E-state index contributed by atoms with van der Waals surface area (Å²) in [6.45, 7) is -0.276. The van der Waals surface area contributed by atoms with Gasteiger partial charge in [-0.25, -0.2) is 22.8 Å². The maximum Gasteiger partial charge on any atom is 0.326 e. The molecule has 21 heavy (non-hydrogen) atoms. The molecule has 0 unspecified atom stereocenters. The van der Waals surface area contributed by atoms with Crippen molar-refractivity contribution in [2.24, 2.45) is 0 Å². The van der Waals surface area contributed by atoms with Crippen molar-refractivity contribution in [2.45, 2.75) is 18.6 Å². The van der Waals surface area contributed by atoms with Crippen LogP contribution in [-0.2, 0) is 4.79 Å². The summed E-state index contributed by atoms with van der Waals surface area (Å²) in [7, 11) is 0. The first kappa shape index (κ1) is 15.1. The van der Waals surface area contributed by atoms with Crippen LogP contribution in [0, 0.1) is 17.5 Å². The molecule has 3 N–H and O–H groups in total. The van der Waals surface area contributed by atoms with Gasteiger partial charge in [-0.05, 0) is 0 Å². The number of carboxylic acids is 1. The van der Waals surface area contributed by atoms with E-state index in [1.807, 2.05) is 5.32 Å². The lowest BCUT2D eigenvalue weighted by molar-refractivity contribution is -0.141. The molecule has 1 fully saturated rings. The number of halogens is 3. The van der Waals surface area contributed by atoms with Crippen molar-refractivity contribution < 1.29 is 33.0 Å². The summed E-state index contributed by atoms with van der Waals surface area (Å²) < 4.78 is 39.4. The number of nitrogens with zero attached hydrogens (tertiary/aromatic N) is 1. The van der Waals surface area contributed by atoms with E-state index in [0.29, 0.717) is 12.1 Å². The van der Waals surface area contributed by atoms with Gasteiger partial charge in [0, 0.05) is 25.1 Å². The molecular formula is C12H11F3N2O4. The van der Waals surface area contributed by atoms with E-state index in [1.165, 1.54) is 0 Å². The maximum atomic E-state index is 13.4. The largest absolute Gasteiger partial charge is 0.480 e. The number of carbonyl (C=O) groups is 2. The van der Waals surface area contributed by atoms with Gasteiger partial charge in [-0.3, -0.25) is 0 Å². The molecule has 2 amide bonds. The first-order chi connectivity index (χ1) is 9.79. The molecule has 0 bridgehead atoms. The van der Waals surface area contributed by atoms with Crippen LogP contribution in [0.2, 0.25) is 0 Å². The van der Waals surface area contributed by atoms with Gasteiger partial charge < -0.3 is 20.4 Å². The van der Waals surface area contributed by atoms with Gasteiger partial charge in [0.05, 0.1) is 11.8 Å². The lowest BCUT2D eigenvalue weighted by Gasteiger charge is -2.21. The highest BCUT2D eigenvalue weighted by Gasteiger charge is 2.39. The van der Waals surface area contributed by atoms with Crippen molar-refractivity contribution in [1.29, 1.82) is 0 Å². The van der Waals surface area contributed by atoms with Crippen molar-refractivity contribution in [2.75, 3.05) is 11.9 Å². The van der Waals surface area contributed by atoms with E-state index in [4.69, 9.17) is 5.11 Å². The lowest BCUT2D eigenvalue weighted by atomic mass is 10.2. The summed E-state index contributed by atoms with van der Waals surface area (Å²) in [6.07, 6.45) is -1.21. The molecule has 0 aromatic heterocycles. The molecule has 2 atom stereocenters. The van der Waals surface area contributed by atoms with E-state index in [2.05, 4.69) is 0 Å². The molecule has 0 saturated carbocycles. The molecule has 1 aliphatic heterocycles. The Hall–Kier alpha value is -2.29. The third-order valence-electron chi connectivity index (χ3n) is 3.06. The predicted molar refractivity (Wildman–Crippen MR) is 64.1 cm³/mol. The van der Waals surface area contributed by atoms with Gasteiger partial charge >= 0.3 is 12.0 Å². The number of carbonyl (C=O) groups excluding carboxylic acids is 1. The Labute approximate surface area is 116 Å². The molecular weight excluding hydrogens is 293 g/mol. The Morgan fingerprint density at radius 2 is 1.95 bits per heavy atom. The summed E-state index contributed by atoms with van der Waals surface area (Å²) in [6, 6.07) is -1.48. The fraction of sp³-hybridized carbons (Fsp3) is 0.333. The molecule has 1 aromatic rings. The van der Waals surface area contributed by atoms with Crippen LogP contribution in [0.25, 0.3) is 0 Å². The minimum Gasteiger partial charge on any atom is -0.480 e. The summed E-state index contributed by atoms with van der Waals surface area (Å²) in [5, 5.41) is 20.2. The number of benzene rings is 1. The zero-order valence-corrected chi connectivity index (χ0v) is 10.5. The molecule has 1 saturated heterocycles. The van der Waals surface area contributed by atoms with Crippen molar-refractivity contribution in [1.82, 2.24) is 4.90 Å². The Morgan fingerprint density at radius 3 is 2.57 bits per heavy atom. The first-order valence-electron chi connectivity index (χ1n) is 5.92. The quantitative estimate of drug-likeness (QED) is 0.715. The topological polar surface area (TPSA) is 89.9 Å². The lowest BCUT2D eigenvalue weighted by Crippen LogP contribution is -2.43. The SMILES string of the molecule is O=C(O)[C@@H]1C[C@H](O)CN1C(=O)Nc1cc(F)cc(F)c1F. The van der Waals surface area contributed by atoms with Crippen molar-refractivity contribution in [3.05, 3.63) is 29.6 Å². The van der Waals surface area contributed by atoms with E-state index in [-0.39, 0.29) is 13.0 Å². The summed E-state index contributed by atoms with van der Waals surface area (Å²) >= 11 is 0. The highest BCUT2D eigenvalue weighted by Crippen LogP contribution is 2.23. The monoisotopic (exact) mass is 304 g/mol. The summed E-state index contributed by atoms with van der Waals surface area (Å²) in [4.78, 5) is 23.6. The zero-order valence-electron chi connectivity index (χ0n) is 10.5. The van der Waals surface area contributed by atoms with Crippen molar-refractivity contribution >= 4 is 17.7 Å². The normalized spacial score (nSPS) is 21.4. The van der Waals surface area contributed by atoms with Crippen LogP contribution in [0.15, 0.2) is 12.1 Å². The van der Waals surface area contributed by atoms with E-state index in [1.54, 1.807) is 0 Å². The Kier molecular flexibility index (Phi) is 4.03. The Morgan fingerprint density at radius 1 is 1.29 bits per heavy atom. The summed E-state index contributed by atoms with van der Waals surface area (Å²) in [5.74, 6) is -5.38. The summed E-state index contributed by atoms with van der Waals surface area (Å²) in [5.41, 5.74) is -0.747. The van der Waals surface area contributed by atoms with E-state index in [0.717, 1.165) is 4.90 Å². The number of aliphatic hydroxyl groups is 1. The molecule has 1 heterocycles. The van der Waals surface area contributed by atoms with Crippen molar-refractivity contribution in [3.8, 4) is 0 Å². The molecule has 0 radical (unpaired) electrons. The average Bonchev–Trinajstić information content (AvgIpc) is 2.77. The molecule has 1 aromatic carbocycles. The zero-order chi connectivity index (χ0) is 15.7. The number of likely N-dealkylation sites (tertiary alicyclic amines) is 1. The number of nitrogens with one attached hydrogen (secondary N) is 1. The molecule has 0 spiro atoms. The second-order valence-electron chi connectivity index (χ2n) is 4.58. The van der Waals surface area contributed by atoms with E-state index < -0.39 is 47.3 Å². The van der Waals surface area contributed by atoms with Gasteiger partial charge in [-0.15, -0.1) is 0 Å². The van der Waals surface area contributed by atoms with Gasteiger partial charge in [-0.2, -0.15) is 0 Å². The van der Waals surface area contributed by atoms with Gasteiger partial charge in [-0.1, -0.05) is 0 Å². The third kappa shape index (κ3) is 3.07. The number of urea groups is 1. The minimum absolute atomic E-state index is 0.178. The van der Waals surface area contributed by atoms with Crippen LogP contribution < -0.4 is 5.32 Å².